The molecule has 134 valence electrons. The molecule has 0 spiro atoms. The van der Waals surface area contributed by atoms with Crippen molar-refractivity contribution in [1.29, 1.82) is 0 Å². The topological polar surface area (TPSA) is 92.8 Å². The number of nitrogens with zero attached hydrogens (tertiary/aromatic N) is 2. The Balaban J connectivity index is 2.31. The Bertz CT molecular complexity index is 700. The van der Waals surface area contributed by atoms with Crippen molar-refractivity contribution < 1.29 is 24.4 Å². The second-order valence-electron chi connectivity index (χ2n) is 6.15. The van der Waals surface area contributed by atoms with Crippen LogP contribution in [0.5, 0.6) is 11.5 Å². The summed E-state index contributed by atoms with van der Waals surface area (Å²) < 4.78 is 6.12. The average Bonchev–Trinajstić information content (AvgIpc) is 2.56. The van der Waals surface area contributed by atoms with E-state index in [0.29, 0.717) is 29.9 Å². The maximum Gasteiger partial charge on any atom is 0.311 e. The first kappa shape index (κ1) is 18.9. The number of hydrogen-bond donors (Lipinski definition) is 2. The molecule has 7 heteroatoms. The van der Waals surface area contributed by atoms with Crippen LogP contribution < -0.4 is 4.74 Å². The summed E-state index contributed by atoms with van der Waals surface area (Å²) in [5, 5.41) is 29.8. The summed E-state index contributed by atoms with van der Waals surface area (Å²) in [6.45, 7) is 1.47. The number of rotatable bonds is 9. The summed E-state index contributed by atoms with van der Waals surface area (Å²) in [4.78, 5) is 10.8. The van der Waals surface area contributed by atoms with Gasteiger partial charge in [0.05, 0.1) is 25.2 Å². The van der Waals surface area contributed by atoms with Gasteiger partial charge in [0.2, 0.25) is 5.75 Å². The summed E-state index contributed by atoms with van der Waals surface area (Å²) in [5.74, 6) is 0.693. The molecule has 2 aromatic rings. The van der Waals surface area contributed by atoms with Gasteiger partial charge >= 0.3 is 5.69 Å². The van der Waals surface area contributed by atoms with Gasteiger partial charge in [0, 0.05) is 11.6 Å². The number of benzene rings is 2. The Kier molecular flexibility index (Phi) is 6.46. The zero-order valence-corrected chi connectivity index (χ0v) is 14.2. The van der Waals surface area contributed by atoms with Crippen LogP contribution in [0, 0.1) is 10.1 Å². The first-order chi connectivity index (χ1) is 12.0. The van der Waals surface area contributed by atoms with E-state index in [-0.39, 0.29) is 24.7 Å². The van der Waals surface area contributed by atoms with Crippen LogP contribution in [0.15, 0.2) is 48.5 Å². The summed E-state index contributed by atoms with van der Waals surface area (Å²) in [6, 6.07) is 13.6. The number of likely N-dealkylation sites (N-methyl/N-ethyl adjacent to an activating group) is 1. The van der Waals surface area contributed by atoms with Gasteiger partial charge in [-0.1, -0.05) is 18.2 Å². The van der Waals surface area contributed by atoms with E-state index < -0.39 is 4.92 Å². The van der Waals surface area contributed by atoms with E-state index in [9.17, 15) is 20.3 Å². The van der Waals surface area contributed by atoms with Crippen LogP contribution in [-0.2, 0) is 6.54 Å². The lowest BCUT2D eigenvalue weighted by Crippen LogP contribution is -2.47. The van der Waals surface area contributed by atoms with Gasteiger partial charge in [-0.05, 0) is 24.3 Å². The zero-order chi connectivity index (χ0) is 18.3. The number of ether oxygens (including phenoxy) is 1. The molecule has 7 nitrogen and oxygen atoms in total. The Hall–Kier alpha value is -2.48. The van der Waals surface area contributed by atoms with E-state index in [1.165, 1.54) is 6.07 Å². The highest BCUT2D eigenvalue weighted by Gasteiger charge is 2.23. The van der Waals surface area contributed by atoms with Crippen LogP contribution >= 0.6 is 0 Å². The Morgan fingerprint density at radius 3 is 2.28 bits per heavy atom. The summed E-state index contributed by atoms with van der Waals surface area (Å²) in [7, 11) is 1.92. The molecule has 2 aromatic carbocycles. The van der Waals surface area contributed by atoms with Crippen molar-refractivity contribution in [2.24, 2.45) is 0 Å². The van der Waals surface area contributed by atoms with E-state index in [2.05, 4.69) is 0 Å². The van der Waals surface area contributed by atoms with Gasteiger partial charge in [0.15, 0.2) is 0 Å². The van der Waals surface area contributed by atoms with Crippen LogP contribution in [0.1, 0.15) is 5.56 Å². The Labute approximate surface area is 146 Å². The SMILES string of the molecule is C[N+](CCO)(CCO)Cc1ccc([N+](=O)[O-])c(Oc2ccccc2)c1. The highest BCUT2D eigenvalue weighted by molar-refractivity contribution is 5.50. The van der Waals surface area contributed by atoms with Crippen LogP contribution in [0.2, 0.25) is 0 Å². The molecular formula is C18H23N2O5+. The van der Waals surface area contributed by atoms with E-state index >= 15 is 0 Å². The van der Waals surface area contributed by atoms with Gasteiger partial charge in [-0.3, -0.25) is 10.1 Å². The van der Waals surface area contributed by atoms with Gasteiger partial charge in [0.1, 0.15) is 25.4 Å². The molecule has 2 N–H and O–H groups in total. The summed E-state index contributed by atoms with van der Waals surface area (Å²) in [5.41, 5.74) is 0.729. The third kappa shape index (κ3) is 5.25. The van der Waals surface area contributed by atoms with Gasteiger partial charge in [-0.25, -0.2) is 0 Å². The van der Waals surface area contributed by atoms with Gasteiger partial charge in [0.25, 0.3) is 0 Å². The smallest absolute Gasteiger partial charge is 0.311 e. The van der Waals surface area contributed by atoms with Crippen LogP contribution in [-0.4, -0.2) is 53.0 Å². The minimum absolute atomic E-state index is 0.00312. The van der Waals surface area contributed by atoms with Crippen molar-refractivity contribution >= 4 is 5.69 Å². The lowest BCUT2D eigenvalue weighted by atomic mass is 10.1. The maximum atomic E-state index is 11.3. The van der Waals surface area contributed by atoms with Gasteiger partial charge < -0.3 is 19.4 Å². The lowest BCUT2D eigenvalue weighted by molar-refractivity contribution is -0.923. The molecule has 0 radical (unpaired) electrons. The van der Waals surface area contributed by atoms with Gasteiger partial charge in [-0.15, -0.1) is 0 Å². The van der Waals surface area contributed by atoms with Crippen LogP contribution in [0.4, 0.5) is 5.69 Å². The minimum atomic E-state index is -0.475. The molecule has 0 saturated heterocycles. The van der Waals surface area contributed by atoms with E-state index in [0.717, 1.165) is 5.56 Å². The van der Waals surface area contributed by atoms with Gasteiger partial charge in [-0.2, -0.15) is 0 Å². The highest BCUT2D eigenvalue weighted by Crippen LogP contribution is 2.33. The molecule has 0 saturated carbocycles. The molecule has 0 bridgehead atoms. The lowest BCUT2D eigenvalue weighted by Gasteiger charge is -2.33. The first-order valence-electron chi connectivity index (χ1n) is 8.03. The normalized spacial score (nSPS) is 11.3. The molecule has 25 heavy (non-hydrogen) atoms. The second-order valence-corrected chi connectivity index (χ2v) is 6.15. The number of nitro benzene ring substituents is 1. The van der Waals surface area contributed by atoms with Crippen LogP contribution in [0.25, 0.3) is 0 Å². The Morgan fingerprint density at radius 1 is 1.08 bits per heavy atom. The van der Waals surface area contributed by atoms with Crippen molar-refractivity contribution in [3.8, 4) is 11.5 Å². The summed E-state index contributed by atoms with van der Waals surface area (Å²) in [6.07, 6.45) is 0. The Morgan fingerprint density at radius 2 is 1.72 bits per heavy atom. The molecule has 0 aliphatic carbocycles. The standard InChI is InChI=1S/C18H23N2O5/c1-20(9-11-21,10-12-22)14-15-7-8-17(19(23)24)18(13-15)25-16-5-3-2-4-6-16/h2-8,13,21-22H,9-12,14H2,1H3/q+1. The number of quaternary nitrogens is 1. The maximum absolute atomic E-state index is 11.3. The number of aliphatic hydroxyl groups is 2. The van der Waals surface area contributed by atoms with Crippen molar-refractivity contribution in [2.45, 2.75) is 6.54 Å². The molecular weight excluding hydrogens is 324 g/mol. The first-order valence-corrected chi connectivity index (χ1v) is 8.03. The fourth-order valence-corrected chi connectivity index (χ4v) is 2.70. The van der Waals surface area contributed by atoms with E-state index in [4.69, 9.17) is 4.74 Å². The van der Waals surface area contributed by atoms with Crippen molar-refractivity contribution in [2.75, 3.05) is 33.4 Å². The molecule has 0 amide bonds. The zero-order valence-electron chi connectivity index (χ0n) is 14.2. The fraction of sp³-hybridized carbons (Fsp3) is 0.333. The number of hydrogen-bond acceptors (Lipinski definition) is 5. The predicted molar refractivity (Wildman–Crippen MR) is 93.4 cm³/mol. The third-order valence-electron chi connectivity index (χ3n) is 4.04. The molecule has 0 aromatic heterocycles. The van der Waals surface area contributed by atoms with E-state index in [1.54, 1.807) is 36.4 Å². The average molecular weight is 347 g/mol. The van der Waals surface area contributed by atoms with Crippen LogP contribution in [0.3, 0.4) is 0 Å². The monoisotopic (exact) mass is 347 g/mol. The molecule has 0 unspecified atom stereocenters. The molecule has 0 aliphatic heterocycles. The fourth-order valence-electron chi connectivity index (χ4n) is 2.70. The molecule has 0 atom stereocenters. The number of aliphatic hydroxyl groups excluding tert-OH is 2. The number of nitro groups is 1. The quantitative estimate of drug-likeness (QED) is 0.412. The number of para-hydroxylation sites is 1. The largest absolute Gasteiger partial charge is 0.450 e. The highest BCUT2D eigenvalue weighted by atomic mass is 16.6. The van der Waals surface area contributed by atoms with Crippen molar-refractivity contribution in [3.05, 3.63) is 64.2 Å². The molecule has 0 heterocycles. The van der Waals surface area contributed by atoms with Crippen molar-refractivity contribution in [3.63, 3.8) is 0 Å². The molecule has 2 rings (SSSR count). The minimum Gasteiger partial charge on any atom is -0.450 e. The molecule has 0 fully saturated rings. The third-order valence-corrected chi connectivity index (χ3v) is 4.04. The summed E-state index contributed by atoms with van der Waals surface area (Å²) >= 11 is 0. The predicted octanol–water partition coefficient (Wildman–Crippen LogP) is 2.32. The second kappa shape index (κ2) is 8.57. The molecule has 0 aliphatic rings. The van der Waals surface area contributed by atoms with E-state index in [1.807, 2.05) is 13.1 Å². The van der Waals surface area contributed by atoms with Crippen molar-refractivity contribution in [1.82, 2.24) is 0 Å².